The topological polar surface area (TPSA) is 40.5 Å². The quantitative estimate of drug-likeness (QED) is 0.616. The molecule has 0 heterocycles. The van der Waals surface area contributed by atoms with Crippen molar-refractivity contribution in [1.82, 2.24) is 0 Å². The molecule has 3 heteroatoms. The van der Waals surface area contributed by atoms with Gasteiger partial charge in [-0.25, -0.2) is 0 Å². The molecule has 0 aromatic heterocycles. The van der Waals surface area contributed by atoms with Gasteiger partial charge in [0.1, 0.15) is 11.5 Å². The summed E-state index contributed by atoms with van der Waals surface area (Å²) in [5.41, 5.74) is 0. The van der Waals surface area contributed by atoms with Gasteiger partial charge in [-0.2, -0.15) is 0 Å². The molecule has 1 aromatic carbocycles. The Balaban J connectivity index is 3.60. The van der Waals surface area contributed by atoms with E-state index >= 15 is 0 Å². The van der Waals surface area contributed by atoms with Gasteiger partial charge < -0.3 is 10.2 Å². The minimum atomic E-state index is -0.607. The molecule has 1 aromatic rings. The highest BCUT2D eigenvalue weighted by atomic mass is 79.9. The minimum absolute atomic E-state index is 0.0685. The van der Waals surface area contributed by atoms with Crippen LogP contribution in [0.5, 0.6) is 11.5 Å². The molecule has 0 saturated heterocycles. The van der Waals surface area contributed by atoms with Crippen molar-refractivity contribution in [2.75, 3.05) is 0 Å². The molecule has 0 fully saturated rings. The zero-order valence-corrected chi connectivity index (χ0v) is 5.86. The van der Waals surface area contributed by atoms with E-state index in [1.165, 1.54) is 0 Å². The molecule has 0 saturated carbocycles. The number of benzene rings is 1. The van der Waals surface area contributed by atoms with Crippen LogP contribution in [-0.4, -0.2) is 10.2 Å². The zero-order chi connectivity index (χ0) is 9.46. The van der Waals surface area contributed by atoms with Crippen LogP contribution in [0.2, 0.25) is 0 Å². The van der Waals surface area contributed by atoms with E-state index in [0.29, 0.717) is 0 Å². The van der Waals surface area contributed by atoms with Crippen LogP contribution in [0.3, 0.4) is 0 Å². The number of halogens is 1. The molecule has 0 amide bonds. The van der Waals surface area contributed by atoms with E-state index in [2.05, 4.69) is 15.9 Å². The lowest BCUT2D eigenvalue weighted by Crippen LogP contribution is -1.66. The Morgan fingerprint density at radius 1 is 1.44 bits per heavy atom. The molecule has 2 nitrogen and oxygen atoms in total. The predicted molar refractivity (Wildman–Crippen MR) is 37.5 cm³/mol. The van der Waals surface area contributed by atoms with Crippen molar-refractivity contribution >= 4 is 15.9 Å². The molecule has 0 bridgehead atoms. The molecule has 0 aliphatic heterocycles. The second-order valence-electron chi connectivity index (χ2n) is 1.39. The summed E-state index contributed by atoms with van der Waals surface area (Å²) >= 11 is 2.81. The van der Waals surface area contributed by atoms with E-state index in [-0.39, 0.29) is 10.5 Å². The van der Waals surface area contributed by atoms with E-state index in [1.54, 1.807) is 0 Å². The molecule has 0 atom stereocenters. The van der Waals surface area contributed by atoms with Gasteiger partial charge in [0.15, 0.2) is 0 Å². The average Bonchev–Trinajstić information content (AvgIpc) is 2.08. The van der Waals surface area contributed by atoms with Crippen molar-refractivity contribution in [3.63, 3.8) is 0 Å². The second kappa shape index (κ2) is 2.27. The van der Waals surface area contributed by atoms with Crippen molar-refractivity contribution in [3.05, 3.63) is 22.6 Å². The molecule has 0 aliphatic rings. The lowest BCUT2D eigenvalue weighted by Gasteiger charge is -1.94. The van der Waals surface area contributed by atoms with Gasteiger partial charge in [-0.1, -0.05) is 0 Å². The maximum atomic E-state index is 9.11. The summed E-state index contributed by atoms with van der Waals surface area (Å²) in [5.74, 6) is -1.10. The summed E-state index contributed by atoms with van der Waals surface area (Å²) in [6, 6.07) is -1.41. The van der Waals surface area contributed by atoms with Crippen molar-refractivity contribution in [2.24, 2.45) is 0 Å². The van der Waals surface area contributed by atoms with Gasteiger partial charge in [0.2, 0.25) is 0 Å². The molecule has 0 spiro atoms. The molecule has 48 valence electrons. The number of hydrogen-bond acceptors (Lipinski definition) is 2. The van der Waals surface area contributed by atoms with E-state index in [0.717, 1.165) is 0 Å². The lowest BCUT2D eigenvalue weighted by atomic mass is 10.3. The maximum absolute atomic E-state index is 9.11. The first-order valence-electron chi connectivity index (χ1n) is 3.64. The molecule has 1 rings (SSSR count). The number of hydrogen-bond donors (Lipinski definition) is 2. The summed E-state index contributed by atoms with van der Waals surface area (Å²) in [5, 5.41) is 18.2. The molecule has 0 unspecified atom stereocenters. The lowest BCUT2D eigenvalue weighted by molar-refractivity contribution is 0.457. The largest absolute Gasteiger partial charge is 0.508 e. The number of phenols is 2. The SMILES string of the molecule is [2H]c1c([2H])c(O)c(Br)c([2H])c1O. The third-order valence-electron chi connectivity index (χ3n) is 0.735. The van der Waals surface area contributed by atoms with Crippen LogP contribution in [-0.2, 0) is 0 Å². The first-order chi connectivity index (χ1) is 5.46. The molecule has 2 N–H and O–H groups in total. The first kappa shape index (κ1) is 3.46. The van der Waals surface area contributed by atoms with Crippen LogP contribution < -0.4 is 0 Å². The highest BCUT2D eigenvalue weighted by molar-refractivity contribution is 9.10. The minimum Gasteiger partial charge on any atom is -0.508 e. The molecular weight excluding hydrogens is 184 g/mol. The first-order valence-corrected chi connectivity index (χ1v) is 2.93. The predicted octanol–water partition coefficient (Wildman–Crippen LogP) is 1.86. The summed E-state index contributed by atoms with van der Waals surface area (Å²) < 4.78 is 21.3. The number of phenolic OH excluding ortho intramolecular Hbond substituents is 2. The van der Waals surface area contributed by atoms with Crippen LogP contribution in [0.1, 0.15) is 4.11 Å². The average molecular weight is 192 g/mol. The van der Waals surface area contributed by atoms with Gasteiger partial charge in [-0.05, 0) is 34.1 Å². The number of rotatable bonds is 0. The second-order valence-corrected chi connectivity index (χ2v) is 2.18. The van der Waals surface area contributed by atoms with Gasteiger partial charge in [-0.3, -0.25) is 0 Å². The standard InChI is InChI=1S/C6H5BrO2/c7-5-3-4(8)1-2-6(5)9/h1-3,8-9H/i1D,2D,3D. The van der Waals surface area contributed by atoms with Crippen LogP contribution in [0, 0.1) is 0 Å². The Bertz CT molecular complexity index is 235. The van der Waals surface area contributed by atoms with Crippen LogP contribution in [0.4, 0.5) is 0 Å². The maximum Gasteiger partial charge on any atom is 0.130 e. The van der Waals surface area contributed by atoms with Crippen LogP contribution >= 0.6 is 15.9 Å². The van der Waals surface area contributed by atoms with Crippen LogP contribution in [0.25, 0.3) is 0 Å². The summed E-state index contributed by atoms with van der Waals surface area (Å²) in [4.78, 5) is 0. The van der Waals surface area contributed by atoms with Gasteiger partial charge in [0.25, 0.3) is 0 Å². The number of aromatic hydroxyl groups is 2. The van der Waals surface area contributed by atoms with E-state index in [4.69, 9.17) is 14.3 Å². The van der Waals surface area contributed by atoms with E-state index in [9.17, 15) is 0 Å². The van der Waals surface area contributed by atoms with Gasteiger partial charge >= 0.3 is 0 Å². The fourth-order valence-corrected chi connectivity index (χ4v) is 0.655. The van der Waals surface area contributed by atoms with Gasteiger partial charge in [-0.15, -0.1) is 0 Å². The molecular formula is C6H5BrO2. The van der Waals surface area contributed by atoms with Crippen molar-refractivity contribution in [2.45, 2.75) is 0 Å². The normalized spacial score (nSPS) is 14.1. The fourth-order valence-electron chi connectivity index (χ4n) is 0.368. The third-order valence-corrected chi connectivity index (χ3v) is 1.31. The molecule has 0 radical (unpaired) electrons. The van der Waals surface area contributed by atoms with Gasteiger partial charge in [0, 0.05) is 0 Å². The Labute approximate surface area is 65.1 Å². The smallest absolute Gasteiger partial charge is 0.130 e. The molecule has 0 aliphatic carbocycles. The van der Waals surface area contributed by atoms with Crippen LogP contribution in [0.15, 0.2) is 22.6 Å². The summed E-state index contributed by atoms with van der Waals surface area (Å²) in [6.07, 6.45) is 0. The van der Waals surface area contributed by atoms with Crippen molar-refractivity contribution in [1.29, 1.82) is 0 Å². The third kappa shape index (κ3) is 1.36. The van der Waals surface area contributed by atoms with E-state index < -0.39 is 23.6 Å². The Morgan fingerprint density at radius 2 is 2.11 bits per heavy atom. The highest BCUT2D eigenvalue weighted by Gasteiger charge is 1.95. The fraction of sp³-hybridized carbons (Fsp3) is 0. The Kier molecular flexibility index (Phi) is 0.873. The van der Waals surface area contributed by atoms with E-state index in [1.807, 2.05) is 0 Å². The Morgan fingerprint density at radius 3 is 2.78 bits per heavy atom. The monoisotopic (exact) mass is 191 g/mol. The van der Waals surface area contributed by atoms with Crippen molar-refractivity contribution in [3.8, 4) is 11.5 Å². The summed E-state index contributed by atoms with van der Waals surface area (Å²) in [6.45, 7) is 0. The Hall–Kier alpha value is -0.700. The van der Waals surface area contributed by atoms with Crippen molar-refractivity contribution < 1.29 is 14.3 Å². The molecule has 9 heavy (non-hydrogen) atoms. The highest BCUT2D eigenvalue weighted by Crippen LogP contribution is 2.26. The van der Waals surface area contributed by atoms with Gasteiger partial charge in [0.05, 0.1) is 8.58 Å². The summed E-state index contributed by atoms with van der Waals surface area (Å²) in [7, 11) is 0. The zero-order valence-electron chi connectivity index (χ0n) is 7.27.